The first-order chi connectivity index (χ1) is 22.1. The molecule has 0 atom stereocenters. The van der Waals surface area contributed by atoms with Crippen molar-refractivity contribution in [2.24, 2.45) is 0 Å². The van der Waals surface area contributed by atoms with Gasteiger partial charge in [0, 0.05) is 38.5 Å². The second kappa shape index (κ2) is 13.2. The molecule has 6 aromatic rings. The smallest absolute Gasteiger partial charge is 0.127 e. The Kier molecular flexibility index (Phi) is 8.94. The van der Waals surface area contributed by atoms with Gasteiger partial charge in [0.05, 0.1) is 0 Å². The van der Waals surface area contributed by atoms with Crippen LogP contribution in [0.3, 0.4) is 0 Å². The maximum Gasteiger partial charge on any atom is 0.127 e. The third-order valence-electron chi connectivity index (χ3n) is 7.98. The number of anilines is 2. The predicted molar refractivity (Wildman–Crippen MR) is 193 cm³/mol. The van der Waals surface area contributed by atoms with E-state index >= 15 is 0 Å². The number of hydrogen-bond acceptors (Lipinski definition) is 4. The zero-order valence-electron chi connectivity index (χ0n) is 25.9. The number of halogens is 2. The highest BCUT2D eigenvalue weighted by Gasteiger charge is 2.22. The maximum absolute atomic E-state index is 7.01. The van der Waals surface area contributed by atoms with Gasteiger partial charge in [-0.1, -0.05) is 66.5 Å². The Morgan fingerprint density at radius 1 is 0.478 bits per heavy atom. The summed E-state index contributed by atoms with van der Waals surface area (Å²) in [6.45, 7) is 6.35. The molecule has 6 rings (SSSR count). The standard InChI is InChI=1S/C40H34Cl2N2O2/c1-24-20-35(39(37(41)22-24)27-4-12-31(13-5-27)45-33-16-8-29(43)9-17-33)26(3)36-21-25(2)23-38(42)40(36)28-6-14-32(15-7-28)46-34-18-10-30(44)11-19-34/h4-23,26H,43-44H2,1-3H3. The molecule has 0 amide bonds. The molecule has 0 aromatic heterocycles. The first kappa shape index (κ1) is 31.1. The van der Waals surface area contributed by atoms with Crippen LogP contribution in [0.5, 0.6) is 23.0 Å². The summed E-state index contributed by atoms with van der Waals surface area (Å²) in [6, 6.07) is 39.1. The number of hydrogen-bond donors (Lipinski definition) is 2. The van der Waals surface area contributed by atoms with E-state index in [1.807, 2.05) is 109 Å². The number of benzene rings is 6. The van der Waals surface area contributed by atoms with Gasteiger partial charge in [0.2, 0.25) is 0 Å². The van der Waals surface area contributed by atoms with Gasteiger partial charge in [-0.2, -0.15) is 0 Å². The Bertz CT molecular complexity index is 1840. The molecule has 230 valence electrons. The summed E-state index contributed by atoms with van der Waals surface area (Å²) in [6.07, 6.45) is 0. The molecule has 46 heavy (non-hydrogen) atoms. The van der Waals surface area contributed by atoms with E-state index in [1.165, 1.54) is 0 Å². The number of ether oxygens (including phenoxy) is 2. The zero-order valence-corrected chi connectivity index (χ0v) is 27.4. The third-order valence-corrected chi connectivity index (χ3v) is 8.58. The molecule has 0 saturated heterocycles. The Hall–Kier alpha value is -4.90. The molecule has 0 bridgehead atoms. The highest BCUT2D eigenvalue weighted by molar-refractivity contribution is 6.34. The van der Waals surface area contributed by atoms with Gasteiger partial charge in [-0.3, -0.25) is 0 Å². The molecule has 0 spiro atoms. The van der Waals surface area contributed by atoms with Crippen molar-refractivity contribution >= 4 is 34.6 Å². The molecule has 6 aromatic carbocycles. The third kappa shape index (κ3) is 6.84. The van der Waals surface area contributed by atoms with Crippen molar-refractivity contribution in [2.75, 3.05) is 11.5 Å². The predicted octanol–water partition coefficient (Wildman–Crippen LogP) is 11.8. The number of nitrogen functional groups attached to an aromatic ring is 2. The Balaban J connectivity index is 1.35. The van der Waals surface area contributed by atoms with Gasteiger partial charge in [-0.05, 0) is 132 Å². The molecule has 0 heterocycles. The topological polar surface area (TPSA) is 70.5 Å². The van der Waals surface area contributed by atoms with Crippen LogP contribution in [0.1, 0.15) is 35.1 Å². The Morgan fingerprint density at radius 3 is 1.11 bits per heavy atom. The Morgan fingerprint density at radius 2 is 0.783 bits per heavy atom. The number of aryl methyl sites for hydroxylation is 2. The molecule has 4 N–H and O–H groups in total. The fourth-order valence-electron chi connectivity index (χ4n) is 5.72. The van der Waals surface area contributed by atoms with Crippen LogP contribution in [0.2, 0.25) is 10.0 Å². The fourth-order valence-corrected chi connectivity index (χ4v) is 6.50. The minimum atomic E-state index is -0.0313. The highest BCUT2D eigenvalue weighted by atomic mass is 35.5. The van der Waals surface area contributed by atoms with E-state index in [-0.39, 0.29) is 5.92 Å². The second-order valence-electron chi connectivity index (χ2n) is 11.5. The van der Waals surface area contributed by atoms with E-state index in [9.17, 15) is 0 Å². The van der Waals surface area contributed by atoms with Crippen LogP contribution in [0.4, 0.5) is 11.4 Å². The van der Waals surface area contributed by atoms with Crippen LogP contribution in [-0.2, 0) is 0 Å². The van der Waals surface area contributed by atoms with Crippen molar-refractivity contribution in [2.45, 2.75) is 26.7 Å². The van der Waals surface area contributed by atoms with Crippen LogP contribution in [0.15, 0.2) is 121 Å². The van der Waals surface area contributed by atoms with Crippen LogP contribution in [0.25, 0.3) is 22.3 Å². The fraction of sp³-hybridized carbons (Fsp3) is 0.100. The molecule has 0 radical (unpaired) electrons. The average molecular weight is 646 g/mol. The van der Waals surface area contributed by atoms with Gasteiger partial charge in [0.1, 0.15) is 23.0 Å². The van der Waals surface area contributed by atoms with Crippen molar-refractivity contribution in [3.63, 3.8) is 0 Å². The normalized spacial score (nSPS) is 11.1. The van der Waals surface area contributed by atoms with Gasteiger partial charge >= 0.3 is 0 Å². The molecule has 0 aliphatic carbocycles. The number of nitrogens with two attached hydrogens (primary N) is 2. The van der Waals surface area contributed by atoms with Crippen LogP contribution in [0, 0.1) is 13.8 Å². The first-order valence-electron chi connectivity index (χ1n) is 15.0. The molecule has 0 fully saturated rings. The molecule has 0 saturated carbocycles. The molecule has 0 aliphatic heterocycles. The molecule has 4 nitrogen and oxygen atoms in total. The van der Waals surface area contributed by atoms with Gasteiger partial charge < -0.3 is 20.9 Å². The van der Waals surface area contributed by atoms with Gasteiger partial charge in [0.15, 0.2) is 0 Å². The van der Waals surface area contributed by atoms with Gasteiger partial charge in [-0.15, -0.1) is 0 Å². The van der Waals surface area contributed by atoms with Crippen molar-refractivity contribution in [3.8, 4) is 45.3 Å². The Labute approximate surface area is 280 Å². The minimum absolute atomic E-state index is 0.0313. The van der Waals surface area contributed by atoms with Crippen LogP contribution < -0.4 is 20.9 Å². The van der Waals surface area contributed by atoms with Gasteiger partial charge in [-0.25, -0.2) is 0 Å². The monoisotopic (exact) mass is 644 g/mol. The lowest BCUT2D eigenvalue weighted by Crippen LogP contribution is -2.04. The van der Waals surface area contributed by atoms with E-state index < -0.39 is 0 Å². The summed E-state index contributed by atoms with van der Waals surface area (Å²) in [5.74, 6) is 2.86. The summed E-state index contributed by atoms with van der Waals surface area (Å²) in [4.78, 5) is 0. The largest absolute Gasteiger partial charge is 0.457 e. The summed E-state index contributed by atoms with van der Waals surface area (Å²) in [5, 5.41) is 1.39. The minimum Gasteiger partial charge on any atom is -0.457 e. The lowest BCUT2D eigenvalue weighted by molar-refractivity contribution is 0.482. The van der Waals surface area contributed by atoms with E-state index in [1.54, 1.807) is 0 Å². The lowest BCUT2D eigenvalue weighted by Gasteiger charge is -2.24. The van der Waals surface area contributed by atoms with Crippen molar-refractivity contribution in [1.82, 2.24) is 0 Å². The average Bonchev–Trinajstić information content (AvgIpc) is 3.03. The van der Waals surface area contributed by atoms with E-state index in [0.29, 0.717) is 21.4 Å². The van der Waals surface area contributed by atoms with Crippen LogP contribution >= 0.6 is 23.2 Å². The maximum atomic E-state index is 7.01. The van der Waals surface area contributed by atoms with Crippen molar-refractivity contribution in [1.29, 1.82) is 0 Å². The number of rotatable bonds is 8. The van der Waals surface area contributed by atoms with E-state index in [2.05, 4.69) is 32.9 Å². The molecular weight excluding hydrogens is 611 g/mol. The zero-order chi connectivity index (χ0) is 32.4. The SMILES string of the molecule is Cc1cc(Cl)c(-c2ccc(Oc3ccc(N)cc3)cc2)c(C(C)c2cc(C)cc(Cl)c2-c2ccc(Oc3ccc(N)cc3)cc2)c1. The second-order valence-corrected chi connectivity index (χ2v) is 12.3. The quantitative estimate of drug-likeness (QED) is 0.162. The molecule has 0 aliphatic rings. The van der Waals surface area contributed by atoms with Crippen molar-refractivity contribution in [3.05, 3.63) is 154 Å². The molecular formula is C40H34Cl2N2O2. The van der Waals surface area contributed by atoms with Crippen molar-refractivity contribution < 1.29 is 9.47 Å². The summed E-state index contributed by atoms with van der Waals surface area (Å²) < 4.78 is 12.1. The molecule has 0 unspecified atom stereocenters. The van der Waals surface area contributed by atoms with E-state index in [4.69, 9.17) is 44.1 Å². The van der Waals surface area contributed by atoms with Gasteiger partial charge in [0.25, 0.3) is 0 Å². The molecule has 6 heteroatoms. The summed E-state index contributed by atoms with van der Waals surface area (Å²) in [5.41, 5.74) is 21.4. The summed E-state index contributed by atoms with van der Waals surface area (Å²) in [7, 11) is 0. The first-order valence-corrected chi connectivity index (χ1v) is 15.8. The summed E-state index contributed by atoms with van der Waals surface area (Å²) >= 11 is 14.0. The van der Waals surface area contributed by atoms with E-state index in [0.717, 1.165) is 67.5 Å². The van der Waals surface area contributed by atoms with Crippen LogP contribution in [-0.4, -0.2) is 0 Å². The lowest BCUT2D eigenvalue weighted by atomic mass is 9.82. The highest BCUT2D eigenvalue weighted by Crippen LogP contribution is 2.44.